The van der Waals surface area contributed by atoms with Gasteiger partial charge in [-0.25, -0.2) is 0 Å². The Kier molecular flexibility index (Phi) is 5.27. The van der Waals surface area contributed by atoms with Crippen LogP contribution in [0.25, 0.3) is 0 Å². The monoisotopic (exact) mass is 349 g/mol. The number of anilines is 3. The highest BCUT2D eigenvalue weighted by Gasteiger charge is 2.42. The Balaban J connectivity index is 1.84. The zero-order valence-corrected chi connectivity index (χ0v) is 14.8. The van der Waals surface area contributed by atoms with E-state index in [-0.39, 0.29) is 5.95 Å². The van der Waals surface area contributed by atoms with Gasteiger partial charge in [0.25, 0.3) is 0 Å². The summed E-state index contributed by atoms with van der Waals surface area (Å²) in [6.45, 7) is 3.58. The molecular formula is C17H27N5O3. The van der Waals surface area contributed by atoms with E-state index >= 15 is 0 Å². The number of nitrogen functional groups attached to an aromatic ring is 1. The molecule has 2 fully saturated rings. The van der Waals surface area contributed by atoms with Gasteiger partial charge in [0.2, 0.25) is 5.95 Å². The van der Waals surface area contributed by atoms with Crippen molar-refractivity contribution in [3.8, 4) is 0 Å². The highest BCUT2D eigenvalue weighted by atomic mass is 16.5. The summed E-state index contributed by atoms with van der Waals surface area (Å²) in [5.41, 5.74) is 5.13. The Labute approximate surface area is 148 Å². The van der Waals surface area contributed by atoms with Crippen molar-refractivity contribution >= 4 is 23.6 Å². The highest BCUT2D eigenvalue weighted by molar-refractivity contribution is 5.76. The van der Waals surface area contributed by atoms with Gasteiger partial charge < -0.3 is 25.4 Å². The SMILES string of the molecule is COCC[C@]1(C(=O)O)CCCN(c2cc(N3CCCC3)nc(N)n2)C1. The van der Waals surface area contributed by atoms with Crippen LogP contribution in [0.15, 0.2) is 6.07 Å². The predicted octanol–water partition coefficient (Wildman–Crippen LogP) is 1.37. The first-order chi connectivity index (χ1) is 12.0. The number of aliphatic carboxylic acids is 1. The standard InChI is InChI=1S/C17H27N5O3/c1-25-10-6-17(15(23)24)5-4-9-22(12-17)14-11-13(19-16(18)20-14)21-7-2-3-8-21/h11H,2-10,12H2,1H3,(H,23,24)(H2,18,19,20)/t17-/m1/s1. The Morgan fingerprint density at radius 3 is 2.52 bits per heavy atom. The number of nitrogens with two attached hydrogens (primary N) is 1. The molecule has 0 bridgehead atoms. The molecule has 8 nitrogen and oxygen atoms in total. The Morgan fingerprint density at radius 2 is 1.88 bits per heavy atom. The van der Waals surface area contributed by atoms with Gasteiger partial charge in [-0.1, -0.05) is 0 Å². The number of carbonyl (C=O) groups is 1. The summed E-state index contributed by atoms with van der Waals surface area (Å²) in [5.74, 6) is 1.03. The predicted molar refractivity (Wildman–Crippen MR) is 95.9 cm³/mol. The lowest BCUT2D eigenvalue weighted by molar-refractivity contribution is -0.150. The smallest absolute Gasteiger partial charge is 0.311 e. The average molecular weight is 349 g/mol. The van der Waals surface area contributed by atoms with Gasteiger partial charge in [0, 0.05) is 46.0 Å². The summed E-state index contributed by atoms with van der Waals surface area (Å²) < 4.78 is 5.13. The highest BCUT2D eigenvalue weighted by Crippen LogP contribution is 2.36. The minimum atomic E-state index is -0.804. The topological polar surface area (TPSA) is 105 Å². The number of rotatable bonds is 6. The molecular weight excluding hydrogens is 322 g/mol. The van der Waals surface area contributed by atoms with E-state index in [1.54, 1.807) is 7.11 Å². The molecule has 0 unspecified atom stereocenters. The van der Waals surface area contributed by atoms with Gasteiger partial charge >= 0.3 is 5.97 Å². The van der Waals surface area contributed by atoms with Crippen LogP contribution in [-0.2, 0) is 9.53 Å². The van der Waals surface area contributed by atoms with Crippen molar-refractivity contribution in [1.29, 1.82) is 0 Å². The molecule has 3 heterocycles. The fourth-order valence-electron chi connectivity index (χ4n) is 3.82. The van der Waals surface area contributed by atoms with Crippen molar-refractivity contribution in [3.05, 3.63) is 6.07 Å². The summed E-state index contributed by atoms with van der Waals surface area (Å²) in [7, 11) is 1.60. The van der Waals surface area contributed by atoms with Crippen molar-refractivity contribution in [2.24, 2.45) is 5.41 Å². The molecule has 0 amide bonds. The van der Waals surface area contributed by atoms with E-state index in [0.29, 0.717) is 26.0 Å². The van der Waals surface area contributed by atoms with Crippen molar-refractivity contribution in [1.82, 2.24) is 9.97 Å². The Bertz CT molecular complexity index is 620. The maximum atomic E-state index is 12.0. The van der Waals surface area contributed by atoms with Crippen LogP contribution in [0, 0.1) is 5.41 Å². The second-order valence-electron chi connectivity index (χ2n) is 6.99. The van der Waals surface area contributed by atoms with Gasteiger partial charge in [-0.05, 0) is 32.1 Å². The van der Waals surface area contributed by atoms with Crippen LogP contribution in [0.2, 0.25) is 0 Å². The first-order valence-electron chi connectivity index (χ1n) is 8.91. The lowest BCUT2D eigenvalue weighted by Gasteiger charge is -2.40. The van der Waals surface area contributed by atoms with E-state index in [9.17, 15) is 9.90 Å². The van der Waals surface area contributed by atoms with Crippen molar-refractivity contribution in [2.75, 3.05) is 55.4 Å². The number of carboxylic acid groups (broad SMARTS) is 1. The third-order valence-electron chi connectivity index (χ3n) is 5.29. The molecule has 1 aromatic heterocycles. The van der Waals surface area contributed by atoms with Crippen LogP contribution in [-0.4, -0.2) is 60.9 Å². The fraction of sp³-hybridized carbons (Fsp3) is 0.706. The largest absolute Gasteiger partial charge is 0.481 e. The Morgan fingerprint density at radius 1 is 1.24 bits per heavy atom. The molecule has 2 saturated heterocycles. The van der Waals surface area contributed by atoms with Gasteiger partial charge in [-0.3, -0.25) is 4.79 Å². The van der Waals surface area contributed by atoms with Crippen LogP contribution in [0.5, 0.6) is 0 Å². The van der Waals surface area contributed by atoms with Crippen LogP contribution in [0.1, 0.15) is 32.1 Å². The van der Waals surface area contributed by atoms with E-state index in [1.165, 1.54) is 0 Å². The molecule has 1 aromatic rings. The van der Waals surface area contributed by atoms with Gasteiger partial charge in [0.1, 0.15) is 11.6 Å². The molecule has 2 aliphatic heterocycles. The van der Waals surface area contributed by atoms with Gasteiger partial charge in [0.05, 0.1) is 5.41 Å². The number of carboxylic acids is 1. The van der Waals surface area contributed by atoms with Crippen molar-refractivity contribution in [2.45, 2.75) is 32.1 Å². The van der Waals surface area contributed by atoms with E-state index in [0.717, 1.165) is 50.5 Å². The summed E-state index contributed by atoms with van der Waals surface area (Å²) in [6.07, 6.45) is 4.26. The van der Waals surface area contributed by atoms with E-state index in [2.05, 4.69) is 14.9 Å². The van der Waals surface area contributed by atoms with E-state index < -0.39 is 11.4 Å². The second kappa shape index (κ2) is 7.43. The zero-order chi connectivity index (χ0) is 17.9. The van der Waals surface area contributed by atoms with E-state index in [4.69, 9.17) is 10.5 Å². The number of methoxy groups -OCH3 is 1. The molecule has 138 valence electrons. The van der Waals surface area contributed by atoms with Crippen molar-refractivity contribution in [3.63, 3.8) is 0 Å². The molecule has 0 saturated carbocycles. The summed E-state index contributed by atoms with van der Waals surface area (Å²) in [6, 6.07) is 1.94. The zero-order valence-electron chi connectivity index (χ0n) is 14.8. The normalized spacial score (nSPS) is 23.9. The van der Waals surface area contributed by atoms with Crippen molar-refractivity contribution < 1.29 is 14.6 Å². The maximum Gasteiger partial charge on any atom is 0.311 e. The number of nitrogens with zero attached hydrogens (tertiary/aromatic N) is 4. The van der Waals surface area contributed by atoms with Crippen LogP contribution in [0.4, 0.5) is 17.6 Å². The minimum absolute atomic E-state index is 0.239. The molecule has 3 N–H and O–H groups in total. The summed E-state index contributed by atoms with van der Waals surface area (Å²) >= 11 is 0. The third kappa shape index (κ3) is 3.78. The Hall–Kier alpha value is -2.09. The van der Waals surface area contributed by atoms with Crippen LogP contribution in [0.3, 0.4) is 0 Å². The van der Waals surface area contributed by atoms with Gasteiger partial charge in [-0.15, -0.1) is 0 Å². The third-order valence-corrected chi connectivity index (χ3v) is 5.29. The van der Waals surface area contributed by atoms with Crippen LogP contribution < -0.4 is 15.5 Å². The quantitative estimate of drug-likeness (QED) is 0.793. The van der Waals surface area contributed by atoms with Gasteiger partial charge in [0.15, 0.2) is 0 Å². The number of hydrogen-bond donors (Lipinski definition) is 2. The molecule has 0 aliphatic carbocycles. The molecule has 3 rings (SSSR count). The molecule has 25 heavy (non-hydrogen) atoms. The average Bonchev–Trinajstić information content (AvgIpc) is 3.14. The molecule has 0 radical (unpaired) electrons. The molecule has 0 aromatic carbocycles. The number of hydrogen-bond acceptors (Lipinski definition) is 7. The molecule has 0 spiro atoms. The maximum absolute atomic E-state index is 12.0. The first kappa shape index (κ1) is 17.7. The summed E-state index contributed by atoms with van der Waals surface area (Å²) in [4.78, 5) is 24.9. The molecule has 1 atom stereocenters. The lowest BCUT2D eigenvalue weighted by atomic mass is 9.77. The van der Waals surface area contributed by atoms with E-state index in [1.807, 2.05) is 11.0 Å². The van der Waals surface area contributed by atoms with Gasteiger partial charge in [-0.2, -0.15) is 9.97 Å². The van der Waals surface area contributed by atoms with Crippen LogP contribution >= 0.6 is 0 Å². The molecule has 2 aliphatic rings. The second-order valence-corrected chi connectivity index (χ2v) is 6.99. The summed E-state index contributed by atoms with van der Waals surface area (Å²) in [5, 5.41) is 9.81. The first-order valence-corrected chi connectivity index (χ1v) is 8.91. The minimum Gasteiger partial charge on any atom is -0.481 e. The fourth-order valence-corrected chi connectivity index (χ4v) is 3.82. The lowest BCUT2D eigenvalue weighted by Crippen LogP contribution is -2.49. The number of piperidine rings is 1. The number of aromatic nitrogens is 2. The number of ether oxygens (including phenoxy) is 1. The molecule has 8 heteroatoms.